The average molecular weight is 297 g/mol. The number of rotatable bonds is 5. The maximum Gasteiger partial charge on any atom is 0.335 e. The Morgan fingerprint density at radius 3 is 2.75 bits per heavy atom. The number of pyridine rings is 1. The van der Waals surface area contributed by atoms with Crippen LogP contribution in [-0.2, 0) is 4.79 Å². The Bertz CT molecular complexity index is 521. The first kappa shape index (κ1) is 16.0. The van der Waals surface area contributed by atoms with Gasteiger partial charge in [0.25, 0.3) is 0 Å². The molecule has 1 heterocycles. The topological polar surface area (TPSA) is 108 Å². The van der Waals surface area contributed by atoms with E-state index in [1.165, 1.54) is 18.3 Å². The van der Waals surface area contributed by atoms with Crippen molar-refractivity contribution in [2.45, 2.75) is 24.1 Å². The Balaban J connectivity index is 2.63. The molecule has 108 valence electrons. The molecule has 1 unspecified atom stereocenters. The highest BCUT2D eigenvalue weighted by Crippen LogP contribution is 2.21. The van der Waals surface area contributed by atoms with Crippen LogP contribution >= 0.6 is 11.8 Å². The lowest BCUT2D eigenvalue weighted by Crippen LogP contribution is -2.42. The summed E-state index contributed by atoms with van der Waals surface area (Å²) < 4.78 is 0. The van der Waals surface area contributed by atoms with E-state index in [9.17, 15) is 14.4 Å². The van der Waals surface area contributed by atoms with Crippen LogP contribution in [0.5, 0.6) is 0 Å². The first-order valence-electron chi connectivity index (χ1n) is 5.88. The number of nitrogens with one attached hydrogen (secondary N) is 2. The lowest BCUT2D eigenvalue weighted by molar-refractivity contribution is -0.119. The van der Waals surface area contributed by atoms with Crippen LogP contribution in [0.25, 0.3) is 0 Å². The highest BCUT2D eigenvalue weighted by molar-refractivity contribution is 8.00. The van der Waals surface area contributed by atoms with Crippen molar-refractivity contribution in [1.82, 2.24) is 15.6 Å². The van der Waals surface area contributed by atoms with Crippen molar-refractivity contribution < 1.29 is 19.5 Å². The number of carboxylic acid groups (broad SMARTS) is 1. The van der Waals surface area contributed by atoms with E-state index in [1.54, 1.807) is 13.8 Å². The monoisotopic (exact) mass is 297 g/mol. The molecule has 0 saturated carbocycles. The smallest absolute Gasteiger partial charge is 0.335 e. The van der Waals surface area contributed by atoms with Gasteiger partial charge in [-0.15, -0.1) is 0 Å². The maximum atomic E-state index is 11.7. The molecule has 3 amide bonds. The van der Waals surface area contributed by atoms with E-state index < -0.39 is 23.2 Å². The Morgan fingerprint density at radius 2 is 2.15 bits per heavy atom. The number of nitrogens with zero attached hydrogens (tertiary/aromatic N) is 1. The lowest BCUT2D eigenvalue weighted by Gasteiger charge is -2.11. The third kappa shape index (κ3) is 4.88. The van der Waals surface area contributed by atoms with Crippen molar-refractivity contribution in [2.75, 3.05) is 6.54 Å². The molecule has 0 radical (unpaired) electrons. The number of carbonyl (C=O) groups is 3. The van der Waals surface area contributed by atoms with E-state index in [0.29, 0.717) is 11.6 Å². The Morgan fingerprint density at radius 1 is 1.45 bits per heavy atom. The summed E-state index contributed by atoms with van der Waals surface area (Å²) in [6.07, 6.45) is 1.36. The molecule has 1 atom stereocenters. The molecule has 0 bridgehead atoms. The molecule has 0 aliphatic carbocycles. The van der Waals surface area contributed by atoms with Crippen LogP contribution in [0.4, 0.5) is 4.79 Å². The number of urea groups is 1. The fourth-order valence-corrected chi connectivity index (χ4v) is 2.10. The molecule has 0 saturated heterocycles. The zero-order valence-electron chi connectivity index (χ0n) is 11.0. The predicted octanol–water partition coefficient (Wildman–Crippen LogP) is 1.11. The number of thioether (sulfide) groups is 1. The molecule has 7 nitrogen and oxygen atoms in total. The van der Waals surface area contributed by atoms with Gasteiger partial charge in [-0.3, -0.25) is 10.1 Å². The summed E-state index contributed by atoms with van der Waals surface area (Å²) in [5.74, 6) is -1.53. The largest absolute Gasteiger partial charge is 0.478 e. The van der Waals surface area contributed by atoms with E-state index in [-0.39, 0.29) is 5.56 Å². The van der Waals surface area contributed by atoms with Crippen LogP contribution in [0.15, 0.2) is 23.4 Å². The molecule has 1 aromatic heterocycles. The summed E-state index contributed by atoms with van der Waals surface area (Å²) in [7, 11) is 0. The molecule has 1 aromatic rings. The SMILES string of the molecule is CCNC(=O)NC(=O)C(C)Sc1cc(C(=O)O)ccn1. The van der Waals surface area contributed by atoms with Crippen LogP contribution in [0, 0.1) is 0 Å². The highest BCUT2D eigenvalue weighted by atomic mass is 32.2. The molecule has 8 heteroatoms. The van der Waals surface area contributed by atoms with Gasteiger partial charge in [-0.1, -0.05) is 11.8 Å². The number of aromatic carboxylic acids is 1. The van der Waals surface area contributed by atoms with Crippen LogP contribution < -0.4 is 10.6 Å². The second kappa shape index (κ2) is 7.49. The first-order valence-corrected chi connectivity index (χ1v) is 6.76. The third-order valence-corrected chi connectivity index (χ3v) is 3.25. The molecule has 20 heavy (non-hydrogen) atoms. The van der Waals surface area contributed by atoms with E-state index in [4.69, 9.17) is 5.11 Å². The van der Waals surface area contributed by atoms with Crippen LogP contribution in [0.2, 0.25) is 0 Å². The molecule has 0 aliphatic rings. The summed E-state index contributed by atoms with van der Waals surface area (Å²) >= 11 is 1.08. The van der Waals surface area contributed by atoms with Gasteiger partial charge in [-0.25, -0.2) is 14.6 Å². The fourth-order valence-electron chi connectivity index (χ4n) is 1.26. The van der Waals surface area contributed by atoms with Crippen molar-refractivity contribution in [3.63, 3.8) is 0 Å². The van der Waals surface area contributed by atoms with Crippen molar-refractivity contribution >= 4 is 29.7 Å². The van der Waals surface area contributed by atoms with E-state index in [2.05, 4.69) is 15.6 Å². The van der Waals surface area contributed by atoms with Gasteiger partial charge in [0.05, 0.1) is 15.8 Å². The van der Waals surface area contributed by atoms with Gasteiger partial charge < -0.3 is 10.4 Å². The molecule has 3 N–H and O–H groups in total. The summed E-state index contributed by atoms with van der Waals surface area (Å²) in [6.45, 7) is 3.76. The van der Waals surface area contributed by atoms with E-state index >= 15 is 0 Å². The summed E-state index contributed by atoms with van der Waals surface area (Å²) in [5.41, 5.74) is 0.0961. The molecule has 1 rings (SSSR count). The van der Waals surface area contributed by atoms with Gasteiger partial charge in [0.15, 0.2) is 0 Å². The molecule has 0 spiro atoms. The number of hydrogen-bond acceptors (Lipinski definition) is 5. The normalized spacial score (nSPS) is 11.5. The minimum absolute atomic E-state index is 0.0961. The minimum atomic E-state index is -1.06. The lowest BCUT2D eigenvalue weighted by atomic mass is 10.3. The fraction of sp³-hybridized carbons (Fsp3) is 0.333. The van der Waals surface area contributed by atoms with Crippen molar-refractivity contribution in [2.24, 2.45) is 0 Å². The second-order valence-electron chi connectivity index (χ2n) is 3.80. The number of hydrogen-bond donors (Lipinski definition) is 3. The highest BCUT2D eigenvalue weighted by Gasteiger charge is 2.18. The second-order valence-corrected chi connectivity index (χ2v) is 5.16. The van der Waals surface area contributed by atoms with Crippen molar-refractivity contribution in [3.8, 4) is 0 Å². The van der Waals surface area contributed by atoms with E-state index in [1.807, 2.05) is 0 Å². The van der Waals surface area contributed by atoms with Crippen molar-refractivity contribution in [1.29, 1.82) is 0 Å². The number of carbonyl (C=O) groups excluding carboxylic acids is 2. The molecule has 0 fully saturated rings. The van der Waals surface area contributed by atoms with Crippen molar-refractivity contribution in [3.05, 3.63) is 23.9 Å². The van der Waals surface area contributed by atoms with Crippen LogP contribution in [0.3, 0.4) is 0 Å². The zero-order chi connectivity index (χ0) is 15.1. The standard InChI is InChI=1S/C12H15N3O4S/c1-3-13-12(19)15-10(16)7(2)20-9-6-8(11(17)18)4-5-14-9/h4-7H,3H2,1-2H3,(H,17,18)(H2,13,15,16,19). The zero-order valence-corrected chi connectivity index (χ0v) is 11.9. The quantitative estimate of drug-likeness (QED) is 0.702. The molecular weight excluding hydrogens is 282 g/mol. The van der Waals surface area contributed by atoms with Gasteiger partial charge >= 0.3 is 12.0 Å². The molecule has 0 aliphatic heterocycles. The minimum Gasteiger partial charge on any atom is -0.478 e. The Labute approximate surface area is 120 Å². The molecular formula is C12H15N3O4S. The number of amides is 3. The summed E-state index contributed by atoms with van der Waals surface area (Å²) in [4.78, 5) is 37.7. The third-order valence-electron chi connectivity index (χ3n) is 2.22. The van der Waals surface area contributed by atoms with Crippen LogP contribution in [-0.4, -0.2) is 39.8 Å². The molecule has 0 aromatic carbocycles. The summed E-state index contributed by atoms with van der Waals surface area (Å²) in [6, 6.07) is 2.19. The van der Waals surface area contributed by atoms with Gasteiger partial charge in [-0.2, -0.15) is 0 Å². The van der Waals surface area contributed by atoms with Gasteiger partial charge in [0, 0.05) is 12.7 Å². The summed E-state index contributed by atoms with van der Waals surface area (Å²) in [5, 5.41) is 13.3. The Hall–Kier alpha value is -2.09. The predicted molar refractivity (Wildman–Crippen MR) is 73.7 cm³/mol. The number of imide groups is 1. The number of aromatic nitrogens is 1. The maximum absolute atomic E-state index is 11.7. The first-order chi connectivity index (χ1) is 9.43. The van der Waals surface area contributed by atoms with E-state index in [0.717, 1.165) is 11.8 Å². The number of carboxylic acids is 1. The Kier molecular flexibility index (Phi) is 5.98. The van der Waals surface area contributed by atoms with Gasteiger partial charge in [0.2, 0.25) is 5.91 Å². The van der Waals surface area contributed by atoms with Gasteiger partial charge in [0.1, 0.15) is 0 Å². The van der Waals surface area contributed by atoms with Crippen LogP contribution in [0.1, 0.15) is 24.2 Å². The van der Waals surface area contributed by atoms with Gasteiger partial charge in [-0.05, 0) is 26.0 Å². The average Bonchev–Trinajstić information content (AvgIpc) is 2.39.